The molecule has 3 saturated heterocycles. The summed E-state index contributed by atoms with van der Waals surface area (Å²) >= 11 is 5.90. The number of hydrogen-bond donors (Lipinski definition) is 0. The molecule has 8 heteroatoms. The van der Waals surface area contributed by atoms with Crippen LogP contribution >= 0.6 is 19.6 Å². The van der Waals surface area contributed by atoms with Crippen LogP contribution in [0.4, 0.5) is 0 Å². The largest absolute Gasteiger partial charge is 0.379 e. The van der Waals surface area contributed by atoms with Crippen molar-refractivity contribution in [2.45, 2.75) is 45.2 Å². The molecule has 0 aliphatic carbocycles. The van der Waals surface area contributed by atoms with Crippen molar-refractivity contribution in [1.82, 2.24) is 14.2 Å². The summed E-state index contributed by atoms with van der Waals surface area (Å²) in [5.74, 6) is 0. The summed E-state index contributed by atoms with van der Waals surface area (Å²) in [5, 5.41) is 0.854. The zero-order chi connectivity index (χ0) is 18.6. The van der Waals surface area contributed by atoms with E-state index in [4.69, 9.17) is 26.4 Å². The number of ether oxygens (including phenoxy) is 2. The number of hydrogen-bond acceptors (Lipinski definition) is 3. The van der Waals surface area contributed by atoms with Gasteiger partial charge in [0.05, 0.1) is 26.4 Å². The van der Waals surface area contributed by atoms with E-state index in [1.54, 1.807) is 0 Å². The van der Waals surface area contributed by atoms with Crippen molar-refractivity contribution in [2.75, 3.05) is 65.7 Å². The van der Waals surface area contributed by atoms with E-state index < -0.39 is 7.36 Å². The Balaban J connectivity index is 2.02. The quantitative estimate of drug-likeness (QED) is 0.522. The molecule has 3 aliphatic heterocycles. The van der Waals surface area contributed by atoms with Gasteiger partial charge in [-0.3, -0.25) is 9.34 Å². The molecule has 3 fully saturated rings. The molecule has 0 amide bonds. The van der Waals surface area contributed by atoms with E-state index in [1.807, 2.05) is 0 Å². The fourth-order valence-corrected chi connectivity index (χ4v) is 9.18. The van der Waals surface area contributed by atoms with Crippen LogP contribution in [0.2, 0.25) is 0 Å². The SMILES string of the molecule is CC(C)(C)P(=NC(=S)N1CCCCC1)(N1CCOCC1)N1CCOCC1. The van der Waals surface area contributed by atoms with Crippen molar-refractivity contribution in [3.63, 3.8) is 0 Å². The molecule has 0 aromatic carbocycles. The van der Waals surface area contributed by atoms with Gasteiger partial charge in [0.1, 0.15) is 7.36 Å². The summed E-state index contributed by atoms with van der Waals surface area (Å²) in [6.45, 7) is 16.0. The second-order valence-electron chi connectivity index (χ2n) is 8.30. The Kier molecular flexibility index (Phi) is 7.14. The molecule has 3 rings (SSSR count). The van der Waals surface area contributed by atoms with Crippen LogP contribution in [0, 0.1) is 0 Å². The second kappa shape index (κ2) is 8.97. The molecule has 3 heterocycles. The Morgan fingerprint density at radius 1 is 0.808 bits per heavy atom. The Labute approximate surface area is 164 Å². The molecule has 0 aromatic rings. The maximum absolute atomic E-state index is 5.90. The Hall–Kier alpha value is -0.0400. The lowest BCUT2D eigenvalue weighted by atomic mass is 10.1. The van der Waals surface area contributed by atoms with Crippen LogP contribution in [0.3, 0.4) is 0 Å². The van der Waals surface area contributed by atoms with Crippen LogP contribution in [0.1, 0.15) is 40.0 Å². The third-order valence-corrected chi connectivity index (χ3v) is 10.6. The summed E-state index contributed by atoms with van der Waals surface area (Å²) in [6.07, 6.45) is 3.77. The average Bonchev–Trinajstić information content (AvgIpc) is 2.67. The summed E-state index contributed by atoms with van der Waals surface area (Å²) in [7, 11) is -2.00. The summed E-state index contributed by atoms with van der Waals surface area (Å²) in [6, 6.07) is 0. The predicted molar refractivity (Wildman–Crippen MR) is 112 cm³/mol. The lowest BCUT2D eigenvalue weighted by Crippen LogP contribution is -2.49. The first-order valence-electron chi connectivity index (χ1n) is 10.0. The van der Waals surface area contributed by atoms with E-state index in [-0.39, 0.29) is 5.16 Å². The van der Waals surface area contributed by atoms with Gasteiger partial charge >= 0.3 is 0 Å². The van der Waals surface area contributed by atoms with Crippen LogP contribution < -0.4 is 0 Å². The highest BCUT2D eigenvalue weighted by atomic mass is 32.1. The first-order chi connectivity index (χ1) is 12.4. The van der Waals surface area contributed by atoms with E-state index in [1.165, 1.54) is 19.3 Å². The number of thiocarbonyl (C=S) groups is 1. The fraction of sp³-hybridized carbons (Fsp3) is 0.944. The van der Waals surface area contributed by atoms with Gasteiger partial charge in [0.2, 0.25) is 0 Å². The number of rotatable bonds is 2. The maximum Gasteiger partial charge on any atom is 0.196 e. The van der Waals surface area contributed by atoms with Gasteiger partial charge in [0.15, 0.2) is 5.11 Å². The van der Waals surface area contributed by atoms with Gasteiger partial charge in [0.25, 0.3) is 0 Å². The Morgan fingerprint density at radius 2 is 1.27 bits per heavy atom. The lowest BCUT2D eigenvalue weighted by molar-refractivity contribution is 0.0550. The number of nitrogens with zero attached hydrogens (tertiary/aromatic N) is 4. The predicted octanol–water partition coefficient (Wildman–Crippen LogP) is 3.25. The smallest absolute Gasteiger partial charge is 0.196 e. The minimum absolute atomic E-state index is 0.0293. The Morgan fingerprint density at radius 3 is 1.69 bits per heavy atom. The molecule has 0 aromatic heterocycles. The van der Waals surface area contributed by atoms with Gasteiger partial charge < -0.3 is 14.4 Å². The molecular formula is C18H35N4O2PS. The molecule has 0 atom stereocenters. The maximum atomic E-state index is 5.90. The summed E-state index contributed by atoms with van der Waals surface area (Å²) in [5.41, 5.74) is 0. The molecule has 0 N–H and O–H groups in total. The molecule has 0 unspecified atom stereocenters. The van der Waals surface area contributed by atoms with E-state index in [9.17, 15) is 0 Å². The van der Waals surface area contributed by atoms with Crippen LogP contribution in [0.25, 0.3) is 0 Å². The molecule has 0 spiro atoms. The van der Waals surface area contributed by atoms with Crippen molar-refractivity contribution >= 4 is 24.7 Å². The first kappa shape index (κ1) is 20.7. The van der Waals surface area contributed by atoms with Crippen molar-refractivity contribution < 1.29 is 9.47 Å². The molecule has 6 nitrogen and oxygen atoms in total. The number of piperidine rings is 1. The van der Waals surface area contributed by atoms with E-state index >= 15 is 0 Å². The van der Waals surface area contributed by atoms with Crippen LogP contribution in [-0.4, -0.2) is 90.2 Å². The monoisotopic (exact) mass is 402 g/mol. The summed E-state index contributed by atoms with van der Waals surface area (Å²) < 4.78 is 22.0. The fourth-order valence-electron chi connectivity index (χ4n) is 4.24. The average molecular weight is 403 g/mol. The van der Waals surface area contributed by atoms with Gasteiger partial charge in [0, 0.05) is 44.4 Å². The van der Waals surface area contributed by atoms with Gasteiger partial charge in [-0.15, -0.1) is 0 Å². The molecular weight excluding hydrogens is 367 g/mol. The van der Waals surface area contributed by atoms with Crippen molar-refractivity contribution in [2.24, 2.45) is 4.74 Å². The highest BCUT2D eigenvalue weighted by Gasteiger charge is 2.46. The Bertz CT molecular complexity index is 512. The van der Waals surface area contributed by atoms with Crippen LogP contribution in [0.15, 0.2) is 4.74 Å². The van der Waals surface area contributed by atoms with Crippen LogP contribution in [0.5, 0.6) is 0 Å². The normalized spacial score (nSPS) is 24.5. The van der Waals surface area contributed by atoms with Gasteiger partial charge in [-0.1, -0.05) is 20.8 Å². The van der Waals surface area contributed by atoms with Gasteiger partial charge in [-0.25, -0.2) is 4.74 Å². The molecule has 0 radical (unpaired) electrons. The standard InChI is InChI=1S/C18H35N4O2PS/c1-18(2,3)25(21-9-13-23-14-10-21,22-11-15-24-16-12-22)19-17(26)20-7-5-4-6-8-20/h4-16H2,1-3H3. The summed E-state index contributed by atoms with van der Waals surface area (Å²) in [4.78, 5) is 2.33. The lowest BCUT2D eigenvalue weighted by Gasteiger charge is -2.53. The van der Waals surface area contributed by atoms with Gasteiger partial charge in [-0.2, -0.15) is 0 Å². The number of likely N-dealkylation sites (tertiary alicyclic amines) is 1. The molecule has 26 heavy (non-hydrogen) atoms. The number of morpholine rings is 2. The van der Waals surface area contributed by atoms with E-state index in [0.717, 1.165) is 70.8 Å². The minimum Gasteiger partial charge on any atom is -0.379 e. The van der Waals surface area contributed by atoms with Crippen molar-refractivity contribution in [3.8, 4) is 0 Å². The van der Waals surface area contributed by atoms with Crippen molar-refractivity contribution in [1.29, 1.82) is 0 Å². The molecule has 0 saturated carbocycles. The molecule has 3 aliphatic rings. The van der Waals surface area contributed by atoms with E-state index in [0.29, 0.717) is 0 Å². The highest BCUT2D eigenvalue weighted by Crippen LogP contribution is 2.66. The van der Waals surface area contributed by atoms with Gasteiger partial charge in [-0.05, 0) is 31.5 Å². The third kappa shape index (κ3) is 4.34. The zero-order valence-corrected chi connectivity index (χ0v) is 18.4. The first-order valence-corrected chi connectivity index (χ1v) is 12.1. The van der Waals surface area contributed by atoms with E-state index in [2.05, 4.69) is 35.0 Å². The molecule has 150 valence electrons. The highest BCUT2D eigenvalue weighted by molar-refractivity contribution is 7.81. The minimum atomic E-state index is -2.00. The molecule has 0 bridgehead atoms. The van der Waals surface area contributed by atoms with Crippen LogP contribution in [-0.2, 0) is 9.47 Å². The third-order valence-electron chi connectivity index (χ3n) is 5.52. The van der Waals surface area contributed by atoms with Crippen molar-refractivity contribution in [3.05, 3.63) is 0 Å². The zero-order valence-electron chi connectivity index (χ0n) is 16.7. The topological polar surface area (TPSA) is 40.5 Å². The second-order valence-corrected chi connectivity index (χ2v) is 12.5.